The van der Waals surface area contributed by atoms with Gasteiger partial charge in [-0.2, -0.15) is 0 Å². The fourth-order valence-electron chi connectivity index (χ4n) is 2.64. The lowest BCUT2D eigenvalue weighted by molar-refractivity contribution is -0.130. The van der Waals surface area contributed by atoms with E-state index in [1.165, 1.54) is 23.7 Å². The van der Waals surface area contributed by atoms with E-state index in [1.807, 2.05) is 0 Å². The molecule has 2 aromatic heterocycles. The van der Waals surface area contributed by atoms with Crippen LogP contribution in [0.3, 0.4) is 0 Å². The Morgan fingerprint density at radius 1 is 1.23 bits per heavy atom. The largest absolute Gasteiger partial charge is 0.341 e. The molecule has 3 aromatic rings. The third kappa shape index (κ3) is 3.56. The van der Waals surface area contributed by atoms with Crippen molar-refractivity contribution in [3.05, 3.63) is 62.3 Å². The molecule has 26 heavy (non-hydrogen) atoms. The van der Waals surface area contributed by atoms with Crippen LogP contribution in [0.1, 0.15) is 17.8 Å². The minimum Gasteiger partial charge on any atom is -0.341 e. The van der Waals surface area contributed by atoms with Gasteiger partial charge < -0.3 is 9.88 Å². The Morgan fingerprint density at radius 3 is 2.62 bits per heavy atom. The number of imidazole rings is 1. The van der Waals surface area contributed by atoms with Gasteiger partial charge in [-0.25, -0.2) is 14.2 Å². The number of hydrogen-bond donors (Lipinski definition) is 2. The van der Waals surface area contributed by atoms with E-state index in [0.717, 1.165) is 5.56 Å². The van der Waals surface area contributed by atoms with Crippen LogP contribution < -0.4 is 11.2 Å². The summed E-state index contributed by atoms with van der Waals surface area (Å²) in [4.78, 5) is 46.5. The molecule has 0 unspecified atom stereocenters. The van der Waals surface area contributed by atoms with Crippen molar-refractivity contribution in [3.63, 3.8) is 0 Å². The molecule has 0 atom stereocenters. The number of aryl methyl sites for hydroxylation is 2. The highest BCUT2D eigenvalue weighted by Gasteiger charge is 2.14. The standard InChI is InChI=1S/C17H18FN5O3/c1-22(9-10-3-5-11(18)6-4-10)13(24)8-7-12-19-14-15(20-12)23(2)17(26)21-16(14)25/h3-6H,7-9H2,1-2H3,(H,19,20)(H,21,25,26). The number of carbonyl (C=O) groups is 1. The summed E-state index contributed by atoms with van der Waals surface area (Å²) < 4.78 is 14.2. The Labute approximate surface area is 147 Å². The molecule has 9 heteroatoms. The summed E-state index contributed by atoms with van der Waals surface area (Å²) in [6, 6.07) is 5.96. The van der Waals surface area contributed by atoms with E-state index in [9.17, 15) is 18.8 Å². The summed E-state index contributed by atoms with van der Waals surface area (Å²) in [6.07, 6.45) is 0.484. The summed E-state index contributed by atoms with van der Waals surface area (Å²) in [7, 11) is 3.17. The third-order valence-corrected chi connectivity index (χ3v) is 4.14. The highest BCUT2D eigenvalue weighted by molar-refractivity contribution is 5.76. The van der Waals surface area contributed by atoms with Crippen molar-refractivity contribution in [1.29, 1.82) is 0 Å². The van der Waals surface area contributed by atoms with Crippen LogP contribution in [0.15, 0.2) is 33.9 Å². The van der Waals surface area contributed by atoms with E-state index in [1.54, 1.807) is 24.1 Å². The maximum atomic E-state index is 12.9. The lowest BCUT2D eigenvalue weighted by Crippen LogP contribution is -2.28. The minimum absolute atomic E-state index is 0.113. The number of fused-ring (bicyclic) bond motifs is 1. The molecule has 0 saturated carbocycles. The number of H-pyrrole nitrogens is 2. The fourth-order valence-corrected chi connectivity index (χ4v) is 2.64. The average Bonchev–Trinajstić information content (AvgIpc) is 3.04. The van der Waals surface area contributed by atoms with Gasteiger partial charge in [-0.05, 0) is 17.7 Å². The van der Waals surface area contributed by atoms with Crippen LogP contribution >= 0.6 is 0 Å². The molecular weight excluding hydrogens is 341 g/mol. The maximum Gasteiger partial charge on any atom is 0.329 e. The number of nitrogens with one attached hydrogen (secondary N) is 2. The van der Waals surface area contributed by atoms with Crippen molar-refractivity contribution in [1.82, 2.24) is 24.4 Å². The molecule has 0 bridgehead atoms. The van der Waals surface area contributed by atoms with Crippen LogP contribution in [0.5, 0.6) is 0 Å². The first kappa shape index (κ1) is 17.6. The molecule has 2 heterocycles. The molecular formula is C17H18FN5O3. The number of halogens is 1. The van der Waals surface area contributed by atoms with Gasteiger partial charge in [0.15, 0.2) is 5.65 Å². The smallest absolute Gasteiger partial charge is 0.329 e. The van der Waals surface area contributed by atoms with E-state index in [2.05, 4.69) is 15.0 Å². The van der Waals surface area contributed by atoms with Crippen molar-refractivity contribution >= 4 is 17.1 Å². The van der Waals surface area contributed by atoms with Gasteiger partial charge in [-0.1, -0.05) is 12.1 Å². The number of aromatic amines is 2. The number of rotatable bonds is 5. The summed E-state index contributed by atoms with van der Waals surface area (Å²) >= 11 is 0. The molecule has 0 fully saturated rings. The molecule has 1 aromatic carbocycles. The normalized spacial score (nSPS) is 11.0. The van der Waals surface area contributed by atoms with Crippen LogP contribution in [0, 0.1) is 5.82 Å². The summed E-state index contributed by atoms with van der Waals surface area (Å²) in [6.45, 7) is 0.368. The van der Waals surface area contributed by atoms with E-state index in [-0.39, 0.29) is 29.3 Å². The molecule has 0 aliphatic rings. The zero-order chi connectivity index (χ0) is 18.8. The molecule has 0 radical (unpaired) electrons. The SMILES string of the molecule is CN(Cc1ccc(F)cc1)C(=O)CCc1nc2c([nH]1)c(=O)[nH]c(=O)n2C. The van der Waals surface area contributed by atoms with E-state index in [4.69, 9.17) is 0 Å². The first-order valence-corrected chi connectivity index (χ1v) is 8.01. The van der Waals surface area contributed by atoms with Crippen LogP contribution in [-0.4, -0.2) is 37.4 Å². The molecule has 0 saturated heterocycles. The van der Waals surface area contributed by atoms with Crippen LogP contribution in [0.2, 0.25) is 0 Å². The molecule has 0 aliphatic carbocycles. The summed E-state index contributed by atoms with van der Waals surface area (Å²) in [5.74, 6) is 0.0183. The van der Waals surface area contributed by atoms with Gasteiger partial charge in [0.1, 0.15) is 17.2 Å². The van der Waals surface area contributed by atoms with Gasteiger partial charge in [0.2, 0.25) is 5.91 Å². The number of hydrogen-bond acceptors (Lipinski definition) is 4. The zero-order valence-electron chi connectivity index (χ0n) is 14.4. The predicted octanol–water partition coefficient (Wildman–Crippen LogP) is 0.680. The van der Waals surface area contributed by atoms with Crippen molar-refractivity contribution in [2.45, 2.75) is 19.4 Å². The third-order valence-electron chi connectivity index (χ3n) is 4.14. The molecule has 0 spiro atoms. The molecule has 3 rings (SSSR count). The van der Waals surface area contributed by atoms with Crippen LogP contribution in [0.25, 0.3) is 11.2 Å². The van der Waals surface area contributed by atoms with Crippen molar-refractivity contribution in [2.75, 3.05) is 7.05 Å². The Bertz CT molecular complexity index is 1060. The van der Waals surface area contributed by atoms with E-state index < -0.39 is 11.2 Å². The van der Waals surface area contributed by atoms with E-state index in [0.29, 0.717) is 18.8 Å². The first-order valence-electron chi connectivity index (χ1n) is 8.01. The Kier molecular flexibility index (Phi) is 4.70. The Hall–Kier alpha value is -3.23. The number of nitrogens with zero attached hydrogens (tertiary/aromatic N) is 3. The Balaban J connectivity index is 1.67. The van der Waals surface area contributed by atoms with E-state index >= 15 is 0 Å². The lowest BCUT2D eigenvalue weighted by atomic mass is 10.2. The quantitative estimate of drug-likeness (QED) is 0.699. The highest BCUT2D eigenvalue weighted by atomic mass is 19.1. The monoisotopic (exact) mass is 359 g/mol. The lowest BCUT2D eigenvalue weighted by Gasteiger charge is -2.17. The van der Waals surface area contributed by atoms with Gasteiger partial charge in [0.25, 0.3) is 5.56 Å². The maximum absolute atomic E-state index is 12.9. The molecule has 136 valence electrons. The second-order valence-corrected chi connectivity index (χ2v) is 6.08. The van der Waals surface area contributed by atoms with Crippen molar-refractivity contribution < 1.29 is 9.18 Å². The summed E-state index contributed by atoms with van der Waals surface area (Å²) in [5, 5.41) is 0. The average molecular weight is 359 g/mol. The van der Waals surface area contributed by atoms with Crippen LogP contribution in [0.4, 0.5) is 4.39 Å². The minimum atomic E-state index is -0.546. The number of aromatic nitrogens is 4. The number of carbonyl (C=O) groups excluding carboxylic acids is 1. The van der Waals surface area contributed by atoms with Gasteiger partial charge in [-0.3, -0.25) is 19.1 Å². The molecule has 0 aliphatic heterocycles. The van der Waals surface area contributed by atoms with Gasteiger partial charge in [0, 0.05) is 33.5 Å². The second kappa shape index (κ2) is 6.95. The Morgan fingerprint density at radius 2 is 1.92 bits per heavy atom. The van der Waals surface area contributed by atoms with Crippen molar-refractivity contribution in [3.8, 4) is 0 Å². The predicted molar refractivity (Wildman–Crippen MR) is 93.2 cm³/mol. The number of amides is 1. The second-order valence-electron chi connectivity index (χ2n) is 6.08. The number of benzene rings is 1. The molecule has 2 N–H and O–H groups in total. The van der Waals surface area contributed by atoms with Gasteiger partial charge in [0.05, 0.1) is 0 Å². The highest BCUT2D eigenvalue weighted by Crippen LogP contribution is 2.09. The van der Waals surface area contributed by atoms with Gasteiger partial charge >= 0.3 is 5.69 Å². The zero-order valence-corrected chi connectivity index (χ0v) is 14.4. The first-order chi connectivity index (χ1) is 12.3. The molecule has 1 amide bonds. The fraction of sp³-hybridized carbons (Fsp3) is 0.294. The van der Waals surface area contributed by atoms with Gasteiger partial charge in [-0.15, -0.1) is 0 Å². The summed E-state index contributed by atoms with van der Waals surface area (Å²) in [5.41, 5.74) is 0.194. The van der Waals surface area contributed by atoms with Crippen LogP contribution in [-0.2, 0) is 24.8 Å². The van der Waals surface area contributed by atoms with Crippen molar-refractivity contribution in [2.24, 2.45) is 7.05 Å². The topological polar surface area (TPSA) is 104 Å². The molecule has 8 nitrogen and oxygen atoms in total.